The summed E-state index contributed by atoms with van der Waals surface area (Å²) < 4.78 is 5.57. The number of nitrogens with one attached hydrogen (secondary N) is 1. The monoisotopic (exact) mass is 451 g/mol. The van der Waals surface area contributed by atoms with E-state index in [4.69, 9.17) is 9.84 Å². The van der Waals surface area contributed by atoms with E-state index in [1.165, 1.54) is 0 Å². The molecule has 0 fully saturated rings. The van der Waals surface area contributed by atoms with Crippen molar-refractivity contribution in [2.75, 3.05) is 18.5 Å². The summed E-state index contributed by atoms with van der Waals surface area (Å²) in [5.74, 6) is 4.49. The predicted octanol–water partition coefficient (Wildman–Crippen LogP) is 4.96. The van der Waals surface area contributed by atoms with Crippen molar-refractivity contribution in [2.45, 2.75) is 5.92 Å². The number of anilines is 1. The molecular formula is C28H21NO5. The van der Waals surface area contributed by atoms with Crippen LogP contribution in [0.1, 0.15) is 22.6 Å². The highest BCUT2D eigenvalue weighted by atomic mass is 16.5. The van der Waals surface area contributed by atoms with E-state index in [2.05, 4.69) is 29.3 Å². The van der Waals surface area contributed by atoms with Crippen LogP contribution in [0.15, 0.2) is 72.8 Å². The SMILES string of the molecule is O=C(Nc1c(C#CCO)c(O)c2ccccc2c1O)OCC1c2ccccc2-c2ccccc21. The van der Waals surface area contributed by atoms with Gasteiger partial charge in [-0.3, -0.25) is 5.32 Å². The van der Waals surface area contributed by atoms with Crippen molar-refractivity contribution in [1.29, 1.82) is 0 Å². The smallest absolute Gasteiger partial charge is 0.411 e. The second kappa shape index (κ2) is 8.81. The van der Waals surface area contributed by atoms with Gasteiger partial charge in [-0.1, -0.05) is 84.6 Å². The van der Waals surface area contributed by atoms with Crippen LogP contribution < -0.4 is 5.32 Å². The van der Waals surface area contributed by atoms with Crippen molar-refractivity contribution in [2.24, 2.45) is 0 Å². The van der Waals surface area contributed by atoms with Crippen molar-refractivity contribution in [3.8, 4) is 34.5 Å². The summed E-state index contributed by atoms with van der Waals surface area (Å²) in [7, 11) is 0. The van der Waals surface area contributed by atoms with Crippen LogP contribution in [0, 0.1) is 11.8 Å². The van der Waals surface area contributed by atoms with Crippen LogP contribution in [0.25, 0.3) is 21.9 Å². The summed E-state index contributed by atoms with van der Waals surface area (Å²) in [4.78, 5) is 12.8. The molecule has 0 atom stereocenters. The first-order chi connectivity index (χ1) is 16.6. The number of aliphatic hydroxyl groups excluding tert-OH is 1. The lowest BCUT2D eigenvalue weighted by Gasteiger charge is -2.17. The molecule has 0 heterocycles. The van der Waals surface area contributed by atoms with E-state index < -0.39 is 12.7 Å². The third-order valence-electron chi connectivity index (χ3n) is 6.02. The molecule has 0 radical (unpaired) electrons. The molecule has 0 saturated carbocycles. The number of aromatic hydroxyl groups is 2. The average molecular weight is 451 g/mol. The van der Waals surface area contributed by atoms with E-state index in [-0.39, 0.29) is 35.3 Å². The van der Waals surface area contributed by atoms with Gasteiger partial charge < -0.3 is 20.1 Å². The third-order valence-corrected chi connectivity index (χ3v) is 6.02. The van der Waals surface area contributed by atoms with Crippen molar-refractivity contribution in [1.82, 2.24) is 0 Å². The molecule has 168 valence electrons. The molecular weight excluding hydrogens is 430 g/mol. The number of hydrogen-bond acceptors (Lipinski definition) is 5. The zero-order valence-electron chi connectivity index (χ0n) is 18.1. The molecule has 1 aliphatic carbocycles. The molecule has 0 spiro atoms. The topological polar surface area (TPSA) is 99.0 Å². The number of hydrogen-bond donors (Lipinski definition) is 4. The van der Waals surface area contributed by atoms with Gasteiger partial charge in [-0.15, -0.1) is 0 Å². The van der Waals surface area contributed by atoms with Gasteiger partial charge in [0.25, 0.3) is 0 Å². The summed E-state index contributed by atoms with van der Waals surface area (Å²) >= 11 is 0. The maximum absolute atomic E-state index is 12.8. The van der Waals surface area contributed by atoms with Crippen molar-refractivity contribution in [3.05, 3.63) is 89.5 Å². The minimum Gasteiger partial charge on any atom is -0.506 e. The van der Waals surface area contributed by atoms with E-state index in [1.807, 2.05) is 36.4 Å². The molecule has 6 nitrogen and oxygen atoms in total. The van der Waals surface area contributed by atoms with Crippen molar-refractivity contribution < 1.29 is 24.9 Å². The van der Waals surface area contributed by atoms with Gasteiger partial charge in [0.1, 0.15) is 30.4 Å². The Balaban J connectivity index is 1.44. The molecule has 34 heavy (non-hydrogen) atoms. The Morgan fingerprint density at radius 3 is 2.03 bits per heavy atom. The van der Waals surface area contributed by atoms with Gasteiger partial charge in [0.05, 0.1) is 5.56 Å². The number of ether oxygens (including phenoxy) is 1. The van der Waals surface area contributed by atoms with Crippen molar-refractivity contribution >= 4 is 22.6 Å². The molecule has 4 aromatic carbocycles. The van der Waals surface area contributed by atoms with Gasteiger partial charge >= 0.3 is 6.09 Å². The fourth-order valence-corrected chi connectivity index (χ4v) is 4.51. The first kappa shape index (κ1) is 21.4. The first-order valence-corrected chi connectivity index (χ1v) is 10.8. The van der Waals surface area contributed by atoms with E-state index in [9.17, 15) is 15.0 Å². The van der Waals surface area contributed by atoms with Gasteiger partial charge in [0.15, 0.2) is 0 Å². The van der Waals surface area contributed by atoms with Crippen molar-refractivity contribution in [3.63, 3.8) is 0 Å². The lowest BCUT2D eigenvalue weighted by molar-refractivity contribution is 0.158. The summed E-state index contributed by atoms with van der Waals surface area (Å²) in [5, 5.41) is 33.9. The van der Waals surface area contributed by atoms with Crippen LogP contribution in [0.2, 0.25) is 0 Å². The number of aliphatic hydroxyl groups is 1. The second-order valence-corrected chi connectivity index (χ2v) is 7.90. The van der Waals surface area contributed by atoms with Crippen LogP contribution in [-0.4, -0.2) is 34.6 Å². The fraction of sp³-hybridized carbons (Fsp3) is 0.107. The molecule has 0 unspecified atom stereocenters. The minimum atomic E-state index is -0.793. The summed E-state index contributed by atoms with van der Waals surface area (Å²) in [6, 6.07) is 22.7. The number of amides is 1. The maximum Gasteiger partial charge on any atom is 0.411 e. The van der Waals surface area contributed by atoms with Gasteiger partial charge in [0, 0.05) is 16.7 Å². The molecule has 0 aliphatic heterocycles. The number of rotatable bonds is 3. The Morgan fingerprint density at radius 1 is 0.853 bits per heavy atom. The van der Waals surface area contributed by atoms with E-state index >= 15 is 0 Å². The maximum atomic E-state index is 12.8. The lowest BCUT2D eigenvalue weighted by atomic mass is 9.98. The standard InChI is InChI=1S/C28H21NO5/c30-15-7-14-23-25(27(32)22-13-6-5-12-21(22)26(23)31)29-28(33)34-16-24-19-10-3-1-8-17(19)18-9-2-4-11-20(18)24/h1-6,8-13,24,30-32H,15-16H2,(H,29,33). The highest BCUT2D eigenvalue weighted by molar-refractivity contribution is 6.04. The molecule has 0 aromatic heterocycles. The number of carbonyl (C=O) groups is 1. The zero-order valence-corrected chi connectivity index (χ0v) is 18.1. The highest BCUT2D eigenvalue weighted by Crippen LogP contribution is 2.45. The molecule has 6 heteroatoms. The number of fused-ring (bicyclic) bond motifs is 4. The molecule has 5 rings (SSSR count). The molecule has 4 N–H and O–H groups in total. The Bertz CT molecular complexity index is 1440. The van der Waals surface area contributed by atoms with Crippen LogP contribution >= 0.6 is 0 Å². The predicted molar refractivity (Wildman–Crippen MR) is 130 cm³/mol. The third kappa shape index (κ3) is 3.58. The molecule has 4 aromatic rings. The summed E-state index contributed by atoms with van der Waals surface area (Å²) in [5.41, 5.74) is 4.32. The second-order valence-electron chi connectivity index (χ2n) is 7.90. The summed E-state index contributed by atoms with van der Waals surface area (Å²) in [6.45, 7) is -0.352. The summed E-state index contributed by atoms with van der Waals surface area (Å²) in [6.07, 6.45) is -0.793. The molecule has 1 amide bonds. The Hall–Kier alpha value is -4.47. The van der Waals surface area contributed by atoms with Gasteiger partial charge in [-0.05, 0) is 22.3 Å². The van der Waals surface area contributed by atoms with Crippen LogP contribution in [0.4, 0.5) is 10.5 Å². The largest absolute Gasteiger partial charge is 0.506 e. The Labute approximate surface area is 196 Å². The number of phenols is 2. The fourth-order valence-electron chi connectivity index (χ4n) is 4.51. The molecule has 0 bridgehead atoms. The number of carbonyl (C=O) groups excluding carboxylic acids is 1. The average Bonchev–Trinajstić information content (AvgIpc) is 3.19. The van der Waals surface area contributed by atoms with Crippen LogP contribution in [-0.2, 0) is 4.74 Å². The zero-order chi connectivity index (χ0) is 23.7. The number of phenolic OH excluding ortho intramolecular Hbond substituents is 2. The van der Waals surface area contributed by atoms with E-state index in [0.29, 0.717) is 10.8 Å². The van der Waals surface area contributed by atoms with Crippen LogP contribution in [0.3, 0.4) is 0 Å². The Kier molecular flexibility index (Phi) is 5.54. The Morgan fingerprint density at radius 2 is 1.41 bits per heavy atom. The normalized spacial score (nSPS) is 11.9. The number of benzene rings is 4. The molecule has 1 aliphatic rings. The van der Waals surface area contributed by atoms with Crippen LogP contribution in [0.5, 0.6) is 11.5 Å². The van der Waals surface area contributed by atoms with Gasteiger partial charge in [0.2, 0.25) is 0 Å². The van der Waals surface area contributed by atoms with E-state index in [0.717, 1.165) is 22.3 Å². The van der Waals surface area contributed by atoms with Gasteiger partial charge in [-0.2, -0.15) is 0 Å². The van der Waals surface area contributed by atoms with Gasteiger partial charge in [-0.25, -0.2) is 4.79 Å². The quantitative estimate of drug-likeness (QED) is 0.201. The first-order valence-electron chi connectivity index (χ1n) is 10.8. The van der Waals surface area contributed by atoms with E-state index in [1.54, 1.807) is 24.3 Å². The highest BCUT2D eigenvalue weighted by Gasteiger charge is 2.29. The minimum absolute atomic E-state index is 0.00115. The lowest BCUT2D eigenvalue weighted by Crippen LogP contribution is -2.18. The molecule has 0 saturated heterocycles.